The Morgan fingerprint density at radius 3 is 2.92 bits per heavy atom. The molecule has 1 aromatic carbocycles. The highest BCUT2D eigenvalue weighted by Gasteiger charge is 2.13. The third kappa shape index (κ3) is 5.53. The van der Waals surface area contributed by atoms with Gasteiger partial charge in [-0.05, 0) is 42.5 Å². The van der Waals surface area contributed by atoms with Crippen molar-refractivity contribution in [1.29, 1.82) is 0 Å². The first kappa shape index (κ1) is 18.3. The molecule has 0 spiro atoms. The first-order chi connectivity index (χ1) is 11.8. The number of hydrogen-bond donors (Lipinski definition) is 1. The Labute approximate surface area is 147 Å². The molecule has 1 aromatic heterocycles. The van der Waals surface area contributed by atoms with E-state index in [0.717, 1.165) is 5.56 Å². The molecule has 0 unspecified atom stereocenters. The van der Waals surface area contributed by atoms with Crippen molar-refractivity contribution in [2.45, 2.75) is 20.4 Å². The molecule has 0 aliphatic rings. The molecule has 0 bridgehead atoms. The van der Waals surface area contributed by atoms with Crippen LogP contribution in [0.5, 0.6) is 5.75 Å². The third-order valence-electron chi connectivity index (χ3n) is 2.95. The van der Waals surface area contributed by atoms with Crippen LogP contribution in [0.1, 0.15) is 12.5 Å². The fourth-order valence-corrected chi connectivity index (χ4v) is 1.88. The molecule has 11 heteroatoms. The van der Waals surface area contributed by atoms with Gasteiger partial charge in [0, 0.05) is 10.1 Å². The van der Waals surface area contributed by atoms with Crippen molar-refractivity contribution in [2.24, 2.45) is 5.10 Å². The number of aromatic nitrogens is 3. The van der Waals surface area contributed by atoms with Crippen molar-refractivity contribution in [3.05, 3.63) is 45.2 Å². The predicted molar refractivity (Wildman–Crippen MR) is 89.6 cm³/mol. The largest absolute Gasteiger partial charge is 0.490 e. The second kappa shape index (κ2) is 8.20. The van der Waals surface area contributed by atoms with E-state index in [4.69, 9.17) is 16.3 Å². The molecule has 1 N–H and O–H groups in total. The van der Waals surface area contributed by atoms with Crippen molar-refractivity contribution in [3.8, 4) is 5.75 Å². The van der Waals surface area contributed by atoms with E-state index in [1.165, 1.54) is 11.0 Å². The zero-order valence-electron chi connectivity index (χ0n) is 13.5. The molecule has 0 aliphatic heterocycles. The highest BCUT2D eigenvalue weighted by Crippen LogP contribution is 2.20. The molecule has 2 rings (SSSR count). The van der Waals surface area contributed by atoms with Crippen LogP contribution in [0.2, 0.25) is 5.02 Å². The standard InChI is InChI=1S/C14H15ClN6O4/c1-9-5-11(3-4-12(9)15)25-7-13(22)18-17-10(2)6-20-8-16-14(19-20)21(23)24/h3-5,8H,6-7H2,1-2H3,(H,18,22)/b17-10+. The van der Waals surface area contributed by atoms with Crippen LogP contribution in [0.15, 0.2) is 29.6 Å². The number of carbonyl (C=O) groups excluding carboxylic acids is 1. The van der Waals surface area contributed by atoms with E-state index in [9.17, 15) is 14.9 Å². The van der Waals surface area contributed by atoms with Gasteiger partial charge in [-0.25, -0.2) is 5.43 Å². The third-order valence-corrected chi connectivity index (χ3v) is 3.37. The molecular formula is C14H15ClN6O4. The number of ether oxygens (including phenoxy) is 1. The molecule has 0 fully saturated rings. The summed E-state index contributed by atoms with van der Waals surface area (Å²) < 4.78 is 6.59. The maximum Gasteiger partial charge on any atom is 0.490 e. The normalized spacial score (nSPS) is 11.2. The van der Waals surface area contributed by atoms with Gasteiger partial charge < -0.3 is 14.9 Å². The minimum Gasteiger partial charge on any atom is -0.484 e. The number of amides is 1. The average molecular weight is 367 g/mol. The van der Waals surface area contributed by atoms with Gasteiger partial charge >= 0.3 is 5.95 Å². The molecule has 0 saturated heterocycles. The quantitative estimate of drug-likeness (QED) is 0.452. The van der Waals surface area contributed by atoms with Crippen LogP contribution in [-0.4, -0.2) is 37.9 Å². The van der Waals surface area contributed by atoms with E-state index < -0.39 is 16.8 Å². The Hall–Kier alpha value is -3.01. The Morgan fingerprint density at radius 1 is 1.52 bits per heavy atom. The Bertz CT molecular complexity index is 819. The number of hydrogen-bond acceptors (Lipinski definition) is 7. The Kier molecular flexibility index (Phi) is 6.01. The molecular weight excluding hydrogens is 352 g/mol. The number of hydrazone groups is 1. The first-order valence-corrected chi connectivity index (χ1v) is 7.47. The maximum absolute atomic E-state index is 11.7. The monoisotopic (exact) mass is 366 g/mol. The smallest absolute Gasteiger partial charge is 0.484 e. The van der Waals surface area contributed by atoms with Crippen molar-refractivity contribution in [3.63, 3.8) is 0 Å². The number of rotatable bonds is 7. The Balaban J connectivity index is 1.81. The minimum absolute atomic E-state index is 0.151. The van der Waals surface area contributed by atoms with Crippen molar-refractivity contribution < 1.29 is 14.5 Å². The van der Waals surface area contributed by atoms with Gasteiger partial charge in [0.05, 0.1) is 12.3 Å². The predicted octanol–water partition coefficient (Wildman–Crippen LogP) is 1.72. The lowest BCUT2D eigenvalue weighted by Crippen LogP contribution is -2.26. The molecule has 132 valence electrons. The summed E-state index contributed by atoms with van der Waals surface area (Å²) in [6.45, 7) is 3.40. The number of carbonyl (C=O) groups is 1. The number of aryl methyl sites for hydroxylation is 1. The molecule has 2 aromatic rings. The van der Waals surface area contributed by atoms with Gasteiger partial charge in [-0.3, -0.25) is 4.79 Å². The van der Waals surface area contributed by atoms with E-state index in [-0.39, 0.29) is 13.2 Å². The molecule has 1 amide bonds. The number of nitrogens with one attached hydrogen (secondary N) is 1. The van der Waals surface area contributed by atoms with Gasteiger partial charge in [0.1, 0.15) is 5.75 Å². The maximum atomic E-state index is 11.7. The van der Waals surface area contributed by atoms with Gasteiger partial charge in [0.15, 0.2) is 6.61 Å². The minimum atomic E-state index is -0.694. The summed E-state index contributed by atoms with van der Waals surface area (Å²) in [5.74, 6) is -0.423. The highest BCUT2D eigenvalue weighted by atomic mass is 35.5. The Morgan fingerprint density at radius 2 is 2.28 bits per heavy atom. The van der Waals surface area contributed by atoms with Crippen LogP contribution >= 0.6 is 11.6 Å². The number of halogens is 1. The second-order valence-electron chi connectivity index (χ2n) is 5.08. The van der Waals surface area contributed by atoms with Crippen LogP contribution in [-0.2, 0) is 11.3 Å². The molecule has 0 atom stereocenters. The lowest BCUT2D eigenvalue weighted by molar-refractivity contribution is -0.394. The number of nitrogens with zero attached hydrogens (tertiary/aromatic N) is 5. The van der Waals surface area contributed by atoms with Crippen molar-refractivity contribution in [1.82, 2.24) is 20.2 Å². The van der Waals surface area contributed by atoms with E-state index in [2.05, 4.69) is 20.6 Å². The SMILES string of the molecule is C/C(Cn1cnc([N+](=O)[O-])n1)=N\NC(=O)COc1ccc(Cl)c(C)c1. The van der Waals surface area contributed by atoms with E-state index in [0.29, 0.717) is 16.5 Å². The van der Waals surface area contributed by atoms with E-state index in [1.54, 1.807) is 25.1 Å². The molecule has 0 saturated carbocycles. The lowest BCUT2D eigenvalue weighted by atomic mass is 10.2. The van der Waals surface area contributed by atoms with E-state index >= 15 is 0 Å². The van der Waals surface area contributed by atoms with Gasteiger partial charge in [-0.1, -0.05) is 16.6 Å². The average Bonchev–Trinajstić information content (AvgIpc) is 3.03. The fourth-order valence-electron chi connectivity index (χ4n) is 1.76. The van der Waals surface area contributed by atoms with E-state index in [1.807, 2.05) is 6.92 Å². The van der Waals surface area contributed by atoms with Gasteiger partial charge in [0.2, 0.25) is 6.33 Å². The second-order valence-corrected chi connectivity index (χ2v) is 5.49. The van der Waals surface area contributed by atoms with Crippen LogP contribution in [0.4, 0.5) is 5.95 Å². The van der Waals surface area contributed by atoms with Crippen LogP contribution in [0.25, 0.3) is 0 Å². The number of benzene rings is 1. The van der Waals surface area contributed by atoms with Crippen LogP contribution in [0, 0.1) is 17.0 Å². The summed E-state index contributed by atoms with van der Waals surface area (Å²) in [5, 5.41) is 18.6. The molecule has 25 heavy (non-hydrogen) atoms. The number of nitro groups is 1. The summed E-state index contributed by atoms with van der Waals surface area (Å²) in [5.41, 5.74) is 3.66. The lowest BCUT2D eigenvalue weighted by Gasteiger charge is -2.07. The van der Waals surface area contributed by atoms with Crippen LogP contribution < -0.4 is 10.2 Å². The summed E-state index contributed by atoms with van der Waals surface area (Å²) in [7, 11) is 0. The summed E-state index contributed by atoms with van der Waals surface area (Å²) >= 11 is 5.91. The summed E-state index contributed by atoms with van der Waals surface area (Å²) in [6, 6.07) is 5.07. The first-order valence-electron chi connectivity index (χ1n) is 7.10. The zero-order chi connectivity index (χ0) is 18.4. The zero-order valence-corrected chi connectivity index (χ0v) is 14.2. The molecule has 10 nitrogen and oxygen atoms in total. The van der Waals surface area contributed by atoms with Crippen molar-refractivity contribution >= 4 is 29.2 Å². The van der Waals surface area contributed by atoms with Crippen LogP contribution in [0.3, 0.4) is 0 Å². The fraction of sp³-hybridized carbons (Fsp3) is 0.286. The molecule has 0 radical (unpaired) electrons. The van der Waals surface area contributed by atoms with Gasteiger partial charge in [-0.15, -0.1) is 0 Å². The summed E-state index contributed by atoms with van der Waals surface area (Å²) in [6.07, 6.45) is 1.21. The summed E-state index contributed by atoms with van der Waals surface area (Å²) in [4.78, 5) is 25.1. The van der Waals surface area contributed by atoms with Gasteiger partial charge in [0.25, 0.3) is 5.91 Å². The van der Waals surface area contributed by atoms with Gasteiger partial charge in [-0.2, -0.15) is 9.78 Å². The molecule has 0 aliphatic carbocycles. The topological polar surface area (TPSA) is 125 Å². The molecule has 1 heterocycles. The highest BCUT2D eigenvalue weighted by molar-refractivity contribution is 6.31. The van der Waals surface area contributed by atoms with Crippen molar-refractivity contribution in [2.75, 3.05) is 6.61 Å².